The van der Waals surface area contributed by atoms with E-state index in [1.54, 1.807) is 0 Å². The number of hydrogen-bond donors (Lipinski definition) is 1. The molecule has 1 heterocycles. The van der Waals surface area contributed by atoms with Crippen molar-refractivity contribution in [3.05, 3.63) is 35.4 Å². The fourth-order valence-corrected chi connectivity index (χ4v) is 2.25. The minimum atomic E-state index is -0.236. The maximum absolute atomic E-state index is 12.0. The molecule has 1 aromatic carbocycles. The zero-order chi connectivity index (χ0) is 13.7. The van der Waals surface area contributed by atoms with Crippen molar-refractivity contribution in [1.82, 2.24) is 0 Å². The second kappa shape index (κ2) is 6.68. The molecular weight excluding hydrogens is 242 g/mol. The van der Waals surface area contributed by atoms with Crippen molar-refractivity contribution in [2.24, 2.45) is 0 Å². The van der Waals surface area contributed by atoms with Crippen LogP contribution in [0.15, 0.2) is 24.3 Å². The SMILES string of the molecule is Cc1ccc(C(=O)O[C@@H](C)C[NH+]2CCOCC2)cc1. The van der Waals surface area contributed by atoms with Gasteiger partial charge in [-0.15, -0.1) is 0 Å². The molecule has 0 spiro atoms. The van der Waals surface area contributed by atoms with Gasteiger partial charge in [0.2, 0.25) is 0 Å². The smallest absolute Gasteiger partial charge is 0.338 e. The first-order valence-corrected chi connectivity index (χ1v) is 6.84. The molecule has 0 aromatic heterocycles. The third-order valence-corrected chi connectivity index (χ3v) is 3.37. The Hall–Kier alpha value is -1.39. The maximum Gasteiger partial charge on any atom is 0.338 e. The van der Waals surface area contributed by atoms with Crippen molar-refractivity contribution < 1.29 is 19.2 Å². The van der Waals surface area contributed by atoms with Gasteiger partial charge >= 0.3 is 5.97 Å². The number of benzene rings is 1. The number of hydrogen-bond acceptors (Lipinski definition) is 3. The van der Waals surface area contributed by atoms with Crippen molar-refractivity contribution in [2.75, 3.05) is 32.8 Å². The van der Waals surface area contributed by atoms with Crippen LogP contribution in [0.5, 0.6) is 0 Å². The third kappa shape index (κ3) is 4.33. The van der Waals surface area contributed by atoms with Crippen LogP contribution in [0.2, 0.25) is 0 Å². The average molecular weight is 264 g/mol. The van der Waals surface area contributed by atoms with Crippen molar-refractivity contribution in [3.8, 4) is 0 Å². The first kappa shape index (κ1) is 14.0. The molecule has 2 rings (SSSR count). The Morgan fingerprint density at radius 1 is 1.32 bits per heavy atom. The molecule has 1 aromatic rings. The first-order chi connectivity index (χ1) is 9.15. The Labute approximate surface area is 114 Å². The van der Waals surface area contributed by atoms with Crippen molar-refractivity contribution in [3.63, 3.8) is 0 Å². The highest BCUT2D eigenvalue weighted by Crippen LogP contribution is 2.06. The molecule has 1 saturated heterocycles. The van der Waals surface area contributed by atoms with Gasteiger partial charge in [0.1, 0.15) is 25.7 Å². The largest absolute Gasteiger partial charge is 0.453 e. The molecule has 0 saturated carbocycles. The second-order valence-corrected chi connectivity index (χ2v) is 5.15. The Bertz CT molecular complexity index is 410. The summed E-state index contributed by atoms with van der Waals surface area (Å²) in [5.41, 5.74) is 1.76. The van der Waals surface area contributed by atoms with Crippen LogP contribution in [0.4, 0.5) is 0 Å². The van der Waals surface area contributed by atoms with Crippen LogP contribution in [-0.4, -0.2) is 44.9 Å². The fraction of sp³-hybridized carbons (Fsp3) is 0.533. The molecule has 1 fully saturated rings. The Balaban J connectivity index is 1.82. The van der Waals surface area contributed by atoms with Gasteiger partial charge in [0, 0.05) is 0 Å². The lowest BCUT2D eigenvalue weighted by Crippen LogP contribution is -3.15. The minimum absolute atomic E-state index is 0.0677. The summed E-state index contributed by atoms with van der Waals surface area (Å²) in [6.07, 6.45) is -0.0677. The molecule has 104 valence electrons. The summed E-state index contributed by atoms with van der Waals surface area (Å²) < 4.78 is 10.8. The number of rotatable bonds is 4. The van der Waals surface area contributed by atoms with E-state index in [-0.39, 0.29) is 12.1 Å². The maximum atomic E-state index is 12.0. The van der Waals surface area contributed by atoms with Gasteiger partial charge in [0.25, 0.3) is 0 Å². The normalized spacial score (nSPS) is 18.0. The summed E-state index contributed by atoms with van der Waals surface area (Å²) in [5, 5.41) is 0. The molecule has 19 heavy (non-hydrogen) atoms. The summed E-state index contributed by atoms with van der Waals surface area (Å²) in [5.74, 6) is -0.236. The number of carbonyl (C=O) groups is 1. The van der Waals surface area contributed by atoms with E-state index in [0.29, 0.717) is 5.56 Å². The van der Waals surface area contributed by atoms with Crippen LogP contribution >= 0.6 is 0 Å². The zero-order valence-electron chi connectivity index (χ0n) is 11.6. The first-order valence-electron chi connectivity index (χ1n) is 6.84. The van der Waals surface area contributed by atoms with Gasteiger partial charge in [0.15, 0.2) is 0 Å². The third-order valence-electron chi connectivity index (χ3n) is 3.37. The number of ether oxygens (including phenoxy) is 2. The number of morpholine rings is 1. The number of nitrogens with one attached hydrogen (secondary N) is 1. The number of carbonyl (C=O) groups excluding carboxylic acids is 1. The molecule has 1 atom stereocenters. The zero-order valence-corrected chi connectivity index (χ0v) is 11.6. The molecule has 0 aliphatic carbocycles. The highest BCUT2D eigenvalue weighted by atomic mass is 16.5. The Kier molecular flexibility index (Phi) is 4.93. The lowest BCUT2D eigenvalue weighted by Gasteiger charge is -2.26. The highest BCUT2D eigenvalue weighted by Gasteiger charge is 2.20. The van der Waals surface area contributed by atoms with E-state index in [1.165, 1.54) is 4.90 Å². The van der Waals surface area contributed by atoms with Gasteiger partial charge < -0.3 is 14.4 Å². The second-order valence-electron chi connectivity index (χ2n) is 5.15. The van der Waals surface area contributed by atoms with Crippen LogP contribution in [0.3, 0.4) is 0 Å². The van der Waals surface area contributed by atoms with E-state index in [4.69, 9.17) is 9.47 Å². The van der Waals surface area contributed by atoms with Gasteiger partial charge in [-0.3, -0.25) is 0 Å². The molecule has 0 unspecified atom stereocenters. The van der Waals surface area contributed by atoms with E-state index in [2.05, 4.69) is 0 Å². The number of quaternary nitrogens is 1. The average Bonchev–Trinajstić information content (AvgIpc) is 2.40. The summed E-state index contributed by atoms with van der Waals surface area (Å²) in [6, 6.07) is 7.47. The van der Waals surface area contributed by atoms with Gasteiger partial charge in [-0.05, 0) is 26.0 Å². The van der Waals surface area contributed by atoms with Crippen molar-refractivity contribution in [2.45, 2.75) is 20.0 Å². The van der Waals surface area contributed by atoms with Crippen LogP contribution < -0.4 is 4.90 Å². The van der Waals surface area contributed by atoms with Crippen LogP contribution in [0.1, 0.15) is 22.8 Å². The molecule has 0 amide bonds. The molecule has 0 bridgehead atoms. The summed E-state index contributed by atoms with van der Waals surface area (Å²) in [6.45, 7) is 8.38. The predicted molar refractivity (Wildman–Crippen MR) is 72.4 cm³/mol. The van der Waals surface area contributed by atoms with E-state index in [0.717, 1.165) is 38.4 Å². The Morgan fingerprint density at radius 2 is 1.95 bits per heavy atom. The molecule has 4 nitrogen and oxygen atoms in total. The van der Waals surface area contributed by atoms with E-state index >= 15 is 0 Å². The van der Waals surface area contributed by atoms with Gasteiger partial charge in [0.05, 0.1) is 18.8 Å². The molecule has 1 N–H and O–H groups in total. The minimum Gasteiger partial charge on any atom is -0.453 e. The van der Waals surface area contributed by atoms with E-state index < -0.39 is 0 Å². The van der Waals surface area contributed by atoms with Crippen LogP contribution in [-0.2, 0) is 9.47 Å². The Morgan fingerprint density at radius 3 is 2.58 bits per heavy atom. The highest BCUT2D eigenvalue weighted by molar-refractivity contribution is 5.89. The summed E-state index contributed by atoms with van der Waals surface area (Å²) in [4.78, 5) is 13.4. The standard InChI is InChI=1S/C15H21NO3/c1-12-3-5-14(6-4-12)15(17)19-13(2)11-16-7-9-18-10-8-16/h3-6,13H,7-11H2,1-2H3/p+1/t13-/m0/s1. The van der Waals surface area contributed by atoms with Crippen LogP contribution in [0, 0.1) is 6.92 Å². The lowest BCUT2D eigenvalue weighted by molar-refractivity contribution is -0.910. The number of aryl methyl sites for hydroxylation is 1. The van der Waals surface area contributed by atoms with Crippen molar-refractivity contribution in [1.29, 1.82) is 0 Å². The van der Waals surface area contributed by atoms with Gasteiger partial charge in [-0.1, -0.05) is 17.7 Å². The van der Waals surface area contributed by atoms with E-state index in [1.807, 2.05) is 38.1 Å². The van der Waals surface area contributed by atoms with Crippen LogP contribution in [0.25, 0.3) is 0 Å². The molecule has 1 aliphatic rings. The monoisotopic (exact) mass is 264 g/mol. The molecular formula is C15H22NO3+. The topological polar surface area (TPSA) is 40.0 Å². The van der Waals surface area contributed by atoms with E-state index in [9.17, 15) is 4.79 Å². The summed E-state index contributed by atoms with van der Waals surface area (Å²) >= 11 is 0. The predicted octanol–water partition coefficient (Wildman–Crippen LogP) is 0.455. The lowest BCUT2D eigenvalue weighted by atomic mass is 10.1. The fourth-order valence-electron chi connectivity index (χ4n) is 2.25. The molecule has 4 heteroatoms. The quantitative estimate of drug-likeness (QED) is 0.803. The van der Waals surface area contributed by atoms with Gasteiger partial charge in [-0.2, -0.15) is 0 Å². The molecule has 1 aliphatic heterocycles. The summed E-state index contributed by atoms with van der Waals surface area (Å²) in [7, 11) is 0. The van der Waals surface area contributed by atoms with Gasteiger partial charge in [-0.25, -0.2) is 4.79 Å². The van der Waals surface area contributed by atoms with Crippen molar-refractivity contribution >= 4 is 5.97 Å². The molecule has 0 radical (unpaired) electrons. The number of esters is 1.